The Kier molecular flexibility index (Phi) is 6.31. The lowest BCUT2D eigenvalue weighted by atomic mass is 9.98. The first kappa shape index (κ1) is 22.7. The lowest BCUT2D eigenvalue weighted by molar-refractivity contribution is 0.102. The molecule has 0 aliphatic carbocycles. The maximum absolute atomic E-state index is 12.8. The number of nitrogens with zero attached hydrogens (tertiary/aromatic N) is 1. The number of rotatable bonds is 6. The van der Waals surface area contributed by atoms with E-state index in [4.69, 9.17) is 0 Å². The molecule has 4 aromatic rings. The van der Waals surface area contributed by atoms with Crippen LogP contribution in [0.3, 0.4) is 0 Å². The van der Waals surface area contributed by atoms with Crippen molar-refractivity contribution in [2.24, 2.45) is 0 Å². The summed E-state index contributed by atoms with van der Waals surface area (Å²) >= 11 is 1.35. The van der Waals surface area contributed by atoms with Crippen LogP contribution in [0.2, 0.25) is 0 Å². The first-order valence-corrected chi connectivity index (χ1v) is 12.6. The standard InChI is InChI=1S/C25H23N3O3S2/c1-16-12-17(2)23(18(3)13-16)22-15-32-25(26-22)27-24(29)19-8-7-9-20(14-19)28-33(30,31)21-10-5-4-6-11-21/h4-15,28H,1-3H3,(H,26,27,29). The van der Waals surface area contributed by atoms with Crippen LogP contribution in [0.5, 0.6) is 0 Å². The maximum atomic E-state index is 12.8. The van der Waals surface area contributed by atoms with Crippen LogP contribution in [0.1, 0.15) is 27.0 Å². The van der Waals surface area contributed by atoms with E-state index in [9.17, 15) is 13.2 Å². The fourth-order valence-electron chi connectivity index (χ4n) is 3.74. The van der Waals surface area contributed by atoms with Gasteiger partial charge in [0.1, 0.15) is 0 Å². The number of thiazole rings is 1. The van der Waals surface area contributed by atoms with Crippen LogP contribution in [0.4, 0.5) is 10.8 Å². The summed E-state index contributed by atoms with van der Waals surface area (Å²) < 4.78 is 27.6. The second kappa shape index (κ2) is 9.17. The molecular formula is C25H23N3O3S2. The van der Waals surface area contributed by atoms with Crippen LogP contribution in [0.15, 0.2) is 77.0 Å². The predicted molar refractivity (Wildman–Crippen MR) is 133 cm³/mol. The van der Waals surface area contributed by atoms with Crippen molar-refractivity contribution >= 4 is 38.1 Å². The number of nitrogens with one attached hydrogen (secondary N) is 2. The van der Waals surface area contributed by atoms with Crippen LogP contribution in [-0.4, -0.2) is 19.3 Å². The summed E-state index contributed by atoms with van der Waals surface area (Å²) in [5, 5.41) is 5.21. The molecule has 0 saturated heterocycles. The van der Waals surface area contributed by atoms with E-state index in [1.807, 2.05) is 5.38 Å². The Hall–Kier alpha value is -3.49. The third-order valence-electron chi connectivity index (χ3n) is 5.09. The van der Waals surface area contributed by atoms with Gasteiger partial charge in [-0.2, -0.15) is 0 Å². The zero-order valence-electron chi connectivity index (χ0n) is 18.4. The molecule has 0 bridgehead atoms. The maximum Gasteiger partial charge on any atom is 0.261 e. The summed E-state index contributed by atoms with van der Waals surface area (Å²) in [5.74, 6) is -0.367. The molecule has 2 N–H and O–H groups in total. The van der Waals surface area contributed by atoms with Gasteiger partial charge < -0.3 is 0 Å². The van der Waals surface area contributed by atoms with Gasteiger partial charge in [0.05, 0.1) is 10.6 Å². The number of benzene rings is 3. The molecule has 6 nitrogen and oxygen atoms in total. The van der Waals surface area contributed by atoms with E-state index < -0.39 is 10.0 Å². The number of amides is 1. The van der Waals surface area contributed by atoms with Crippen molar-refractivity contribution in [2.45, 2.75) is 25.7 Å². The quantitative estimate of drug-likeness (QED) is 0.368. The highest BCUT2D eigenvalue weighted by Crippen LogP contribution is 2.31. The Balaban J connectivity index is 1.51. The third-order valence-corrected chi connectivity index (χ3v) is 7.24. The van der Waals surface area contributed by atoms with Gasteiger partial charge in [-0.1, -0.05) is 42.0 Å². The number of carbonyl (C=O) groups is 1. The molecule has 0 fully saturated rings. The second-order valence-electron chi connectivity index (χ2n) is 7.77. The minimum Gasteiger partial charge on any atom is -0.298 e. The smallest absolute Gasteiger partial charge is 0.261 e. The van der Waals surface area contributed by atoms with Gasteiger partial charge in [0, 0.05) is 22.2 Å². The summed E-state index contributed by atoms with van der Waals surface area (Å²) in [7, 11) is -3.75. The molecule has 8 heteroatoms. The van der Waals surface area contributed by atoms with Crippen molar-refractivity contribution in [3.8, 4) is 11.3 Å². The first-order valence-electron chi connectivity index (χ1n) is 10.3. The lowest BCUT2D eigenvalue weighted by Crippen LogP contribution is -2.15. The Labute approximate surface area is 197 Å². The van der Waals surface area contributed by atoms with E-state index in [0.717, 1.165) is 22.4 Å². The number of anilines is 2. The number of aromatic nitrogens is 1. The average Bonchev–Trinajstić information content (AvgIpc) is 3.21. The Bertz CT molecular complexity index is 1410. The van der Waals surface area contributed by atoms with E-state index in [-0.39, 0.29) is 10.8 Å². The molecule has 0 unspecified atom stereocenters. The summed E-state index contributed by atoms with van der Waals surface area (Å²) in [6, 6.07) is 18.6. The van der Waals surface area contributed by atoms with Crippen molar-refractivity contribution in [2.75, 3.05) is 10.0 Å². The highest BCUT2D eigenvalue weighted by atomic mass is 32.2. The van der Waals surface area contributed by atoms with E-state index in [1.54, 1.807) is 36.4 Å². The molecule has 0 spiro atoms. The fourth-order valence-corrected chi connectivity index (χ4v) is 5.50. The largest absolute Gasteiger partial charge is 0.298 e. The minimum atomic E-state index is -3.75. The number of aryl methyl sites for hydroxylation is 3. The topological polar surface area (TPSA) is 88.2 Å². The van der Waals surface area contributed by atoms with Crippen molar-refractivity contribution in [1.82, 2.24) is 4.98 Å². The SMILES string of the molecule is Cc1cc(C)c(-c2csc(NC(=O)c3cccc(NS(=O)(=O)c4ccccc4)c3)n2)c(C)c1. The van der Waals surface area contributed by atoms with E-state index >= 15 is 0 Å². The second-order valence-corrected chi connectivity index (χ2v) is 10.3. The number of hydrogen-bond acceptors (Lipinski definition) is 5. The summed E-state index contributed by atoms with van der Waals surface area (Å²) in [6.45, 7) is 6.16. The monoisotopic (exact) mass is 477 g/mol. The molecule has 1 amide bonds. The van der Waals surface area contributed by atoms with Crippen molar-refractivity contribution in [1.29, 1.82) is 0 Å². The Morgan fingerprint density at radius 2 is 1.61 bits per heavy atom. The molecule has 0 radical (unpaired) electrons. The van der Waals surface area contributed by atoms with Crippen LogP contribution >= 0.6 is 11.3 Å². The molecule has 33 heavy (non-hydrogen) atoms. The molecule has 3 aromatic carbocycles. The van der Waals surface area contributed by atoms with Gasteiger partial charge in [-0.3, -0.25) is 14.8 Å². The van der Waals surface area contributed by atoms with E-state index in [2.05, 4.69) is 47.9 Å². The Morgan fingerprint density at radius 1 is 0.909 bits per heavy atom. The Morgan fingerprint density at radius 3 is 2.30 bits per heavy atom. The van der Waals surface area contributed by atoms with Crippen LogP contribution in [0, 0.1) is 20.8 Å². The van der Waals surface area contributed by atoms with Gasteiger partial charge in [-0.15, -0.1) is 11.3 Å². The van der Waals surface area contributed by atoms with E-state index in [0.29, 0.717) is 16.4 Å². The third kappa shape index (κ3) is 5.13. The highest BCUT2D eigenvalue weighted by molar-refractivity contribution is 7.92. The van der Waals surface area contributed by atoms with Gasteiger partial charge in [0.2, 0.25) is 0 Å². The van der Waals surface area contributed by atoms with Crippen LogP contribution in [-0.2, 0) is 10.0 Å². The molecule has 0 atom stereocenters. The predicted octanol–water partition coefficient (Wildman–Crippen LogP) is 5.79. The summed E-state index contributed by atoms with van der Waals surface area (Å²) in [4.78, 5) is 17.5. The highest BCUT2D eigenvalue weighted by Gasteiger charge is 2.16. The normalized spacial score (nSPS) is 11.2. The fraction of sp³-hybridized carbons (Fsp3) is 0.120. The summed E-state index contributed by atoms with van der Waals surface area (Å²) in [5.41, 5.74) is 5.97. The van der Waals surface area contributed by atoms with Gasteiger partial charge in [-0.05, 0) is 62.2 Å². The van der Waals surface area contributed by atoms with Gasteiger partial charge in [0.15, 0.2) is 5.13 Å². The molecular weight excluding hydrogens is 454 g/mol. The molecule has 0 saturated carbocycles. The lowest BCUT2D eigenvalue weighted by Gasteiger charge is -2.10. The molecule has 1 heterocycles. The zero-order chi connectivity index (χ0) is 23.6. The first-order chi connectivity index (χ1) is 15.7. The van der Waals surface area contributed by atoms with E-state index in [1.165, 1.54) is 35.1 Å². The zero-order valence-corrected chi connectivity index (χ0v) is 20.0. The van der Waals surface area contributed by atoms with Crippen LogP contribution in [0.25, 0.3) is 11.3 Å². The molecule has 168 valence electrons. The molecule has 0 aliphatic heterocycles. The molecule has 4 rings (SSSR count). The van der Waals surface area contributed by atoms with Crippen molar-refractivity contribution in [3.05, 3.63) is 94.4 Å². The van der Waals surface area contributed by atoms with Crippen molar-refractivity contribution in [3.63, 3.8) is 0 Å². The van der Waals surface area contributed by atoms with Gasteiger partial charge >= 0.3 is 0 Å². The molecule has 1 aromatic heterocycles. The number of hydrogen-bond donors (Lipinski definition) is 2. The minimum absolute atomic E-state index is 0.150. The van der Waals surface area contributed by atoms with Gasteiger partial charge in [-0.25, -0.2) is 13.4 Å². The molecule has 0 aliphatic rings. The van der Waals surface area contributed by atoms with Gasteiger partial charge in [0.25, 0.3) is 15.9 Å². The van der Waals surface area contributed by atoms with Crippen LogP contribution < -0.4 is 10.0 Å². The average molecular weight is 478 g/mol. The number of carbonyl (C=O) groups excluding carboxylic acids is 1. The summed E-state index contributed by atoms with van der Waals surface area (Å²) in [6.07, 6.45) is 0. The van der Waals surface area contributed by atoms with Crippen molar-refractivity contribution < 1.29 is 13.2 Å². The number of sulfonamides is 1.